The molecule has 0 bridgehead atoms. The highest BCUT2D eigenvalue weighted by atomic mass is 16.5. The van der Waals surface area contributed by atoms with Gasteiger partial charge in [-0.2, -0.15) is 0 Å². The van der Waals surface area contributed by atoms with Crippen LogP contribution in [0.15, 0.2) is 36.4 Å². The average molecular weight is 510 g/mol. The van der Waals surface area contributed by atoms with E-state index in [1.807, 2.05) is 32.0 Å². The lowest BCUT2D eigenvalue weighted by Gasteiger charge is -2.27. The van der Waals surface area contributed by atoms with Crippen LogP contribution in [0.5, 0.6) is 5.75 Å². The van der Waals surface area contributed by atoms with E-state index in [9.17, 15) is 14.4 Å². The molecule has 0 saturated heterocycles. The third kappa shape index (κ3) is 9.03. The molecule has 3 rings (SSSR count). The van der Waals surface area contributed by atoms with E-state index in [2.05, 4.69) is 12.2 Å². The van der Waals surface area contributed by atoms with Gasteiger partial charge in [-0.25, -0.2) is 4.79 Å². The maximum absolute atomic E-state index is 12.4. The first-order valence-corrected chi connectivity index (χ1v) is 13.5. The van der Waals surface area contributed by atoms with E-state index in [1.165, 1.54) is 32.6 Å². The highest BCUT2D eigenvalue weighted by molar-refractivity contribution is 5.97. The lowest BCUT2D eigenvalue weighted by molar-refractivity contribution is -0.121. The second-order valence-electron chi connectivity index (χ2n) is 9.68. The Bertz CT molecular complexity index is 1050. The Kier molecular flexibility index (Phi) is 12.3. The van der Waals surface area contributed by atoms with E-state index in [-0.39, 0.29) is 23.6 Å². The van der Waals surface area contributed by atoms with Crippen LogP contribution >= 0.6 is 0 Å². The van der Waals surface area contributed by atoms with Gasteiger partial charge >= 0.3 is 5.97 Å². The molecule has 0 spiro atoms. The number of rotatable bonds is 9. The maximum Gasteiger partial charge on any atom is 0.338 e. The summed E-state index contributed by atoms with van der Waals surface area (Å²) in [7, 11) is 1.66. The van der Waals surface area contributed by atoms with Gasteiger partial charge in [0.25, 0.3) is 0 Å². The molecule has 1 fully saturated rings. The average Bonchev–Trinajstić information content (AvgIpc) is 2.90. The topological polar surface area (TPSA) is 81.7 Å². The predicted molar refractivity (Wildman–Crippen MR) is 148 cm³/mol. The molecule has 202 valence electrons. The van der Waals surface area contributed by atoms with E-state index < -0.39 is 0 Å². The van der Waals surface area contributed by atoms with Gasteiger partial charge in [0, 0.05) is 23.2 Å². The van der Waals surface area contributed by atoms with E-state index in [0.717, 1.165) is 47.7 Å². The maximum atomic E-state index is 12.4. The number of carbonyl (C=O) groups excluding carboxylic acids is 3. The number of Topliss-reactive ketones (excluding diaryl/α,β-unsaturated/α-hetero) is 1. The lowest BCUT2D eigenvalue weighted by atomic mass is 9.80. The molecule has 0 aromatic heterocycles. The van der Waals surface area contributed by atoms with Gasteiger partial charge in [0.05, 0.1) is 19.3 Å². The summed E-state index contributed by atoms with van der Waals surface area (Å²) in [6.07, 6.45) is 7.74. The number of esters is 1. The smallest absolute Gasteiger partial charge is 0.338 e. The number of aryl methyl sites for hydroxylation is 2. The van der Waals surface area contributed by atoms with Gasteiger partial charge in [-0.15, -0.1) is 0 Å². The van der Waals surface area contributed by atoms with Gasteiger partial charge in [-0.05, 0) is 88.1 Å². The number of ketones is 1. The summed E-state index contributed by atoms with van der Waals surface area (Å²) in [4.78, 5) is 35.2. The van der Waals surface area contributed by atoms with Crippen molar-refractivity contribution in [3.05, 3.63) is 58.7 Å². The number of nitrogens with one attached hydrogen (secondary N) is 1. The number of hydrogen-bond acceptors (Lipinski definition) is 5. The Balaban J connectivity index is 0.000000271. The van der Waals surface area contributed by atoms with Crippen molar-refractivity contribution in [1.29, 1.82) is 0 Å². The molecule has 6 heteroatoms. The SMILES string of the molecule is CCCC1CCC(C(=O)Nc2ccc(C)c(OC)c2)CC1.CCOC(=O)c1ccc(C(C)=O)c(CC)c1. The van der Waals surface area contributed by atoms with Crippen LogP contribution in [0.4, 0.5) is 5.69 Å². The minimum absolute atomic E-state index is 0.0206. The molecule has 6 nitrogen and oxygen atoms in total. The van der Waals surface area contributed by atoms with E-state index in [0.29, 0.717) is 17.7 Å². The van der Waals surface area contributed by atoms with Crippen LogP contribution in [0, 0.1) is 18.8 Å². The van der Waals surface area contributed by atoms with E-state index in [1.54, 1.807) is 32.2 Å². The molecular weight excluding hydrogens is 466 g/mol. The molecule has 0 heterocycles. The van der Waals surface area contributed by atoms with Crippen molar-refractivity contribution in [1.82, 2.24) is 0 Å². The third-order valence-electron chi connectivity index (χ3n) is 6.97. The summed E-state index contributed by atoms with van der Waals surface area (Å²) in [6, 6.07) is 10.9. The quantitative estimate of drug-likeness (QED) is 0.286. The van der Waals surface area contributed by atoms with Crippen molar-refractivity contribution in [2.24, 2.45) is 11.8 Å². The van der Waals surface area contributed by atoms with Gasteiger partial charge < -0.3 is 14.8 Å². The molecule has 37 heavy (non-hydrogen) atoms. The first-order valence-electron chi connectivity index (χ1n) is 13.5. The number of methoxy groups -OCH3 is 1. The fraction of sp³-hybridized carbons (Fsp3) is 0.516. The zero-order valence-corrected chi connectivity index (χ0v) is 23.3. The third-order valence-corrected chi connectivity index (χ3v) is 6.97. The van der Waals surface area contributed by atoms with Gasteiger partial charge in [0.2, 0.25) is 5.91 Å². The first kappa shape index (κ1) is 30.1. The molecule has 0 atom stereocenters. The molecule has 1 aliphatic carbocycles. The van der Waals surface area contributed by atoms with Gasteiger partial charge in [0.1, 0.15) is 5.75 Å². The van der Waals surface area contributed by atoms with Crippen LogP contribution < -0.4 is 10.1 Å². The summed E-state index contributed by atoms with van der Waals surface area (Å²) >= 11 is 0. The summed E-state index contributed by atoms with van der Waals surface area (Å²) in [5, 5.41) is 3.04. The molecule has 2 aromatic rings. The summed E-state index contributed by atoms with van der Waals surface area (Å²) in [5.41, 5.74) is 3.98. The Hall–Kier alpha value is -3.15. The van der Waals surface area contributed by atoms with Crippen LogP contribution in [0.1, 0.15) is 98.1 Å². The lowest BCUT2D eigenvalue weighted by Crippen LogP contribution is -2.27. The summed E-state index contributed by atoms with van der Waals surface area (Å²) < 4.78 is 10.2. The molecule has 1 amide bonds. The number of carbonyl (C=O) groups is 3. The molecule has 0 aliphatic heterocycles. The van der Waals surface area contributed by atoms with Crippen molar-refractivity contribution < 1.29 is 23.9 Å². The van der Waals surface area contributed by atoms with E-state index in [4.69, 9.17) is 9.47 Å². The second kappa shape index (κ2) is 15.2. The first-order chi connectivity index (χ1) is 17.7. The molecular formula is C31H43NO5. The Labute approximate surface area is 222 Å². The van der Waals surface area contributed by atoms with Crippen molar-refractivity contribution in [3.8, 4) is 5.75 Å². The van der Waals surface area contributed by atoms with Crippen molar-refractivity contribution >= 4 is 23.3 Å². The zero-order valence-electron chi connectivity index (χ0n) is 23.3. The van der Waals surface area contributed by atoms with Crippen LogP contribution in [0.2, 0.25) is 0 Å². The summed E-state index contributed by atoms with van der Waals surface area (Å²) in [5.74, 6) is 1.67. The molecule has 2 aromatic carbocycles. The molecule has 1 saturated carbocycles. The monoisotopic (exact) mass is 509 g/mol. The van der Waals surface area contributed by atoms with Crippen molar-refractivity contribution in [3.63, 3.8) is 0 Å². The number of ether oxygens (including phenoxy) is 2. The standard InChI is InChI=1S/C18H27NO2.C13H16O3/c1-4-5-14-7-9-15(10-8-14)18(20)19-16-11-6-13(2)17(12-16)21-3;1-4-10-8-11(13(15)16-5-2)6-7-12(10)9(3)14/h6,11-12,14-15H,4-5,7-10H2,1-3H3,(H,19,20);6-8H,4-5H2,1-3H3. The van der Waals surface area contributed by atoms with Crippen LogP contribution in [-0.4, -0.2) is 31.4 Å². The predicted octanol–water partition coefficient (Wildman–Crippen LogP) is 7.18. The van der Waals surface area contributed by atoms with E-state index >= 15 is 0 Å². The molecule has 1 aliphatic rings. The molecule has 1 N–H and O–H groups in total. The minimum atomic E-state index is -0.340. The normalized spacial score (nSPS) is 16.7. The van der Waals surface area contributed by atoms with Crippen molar-refractivity contribution in [2.75, 3.05) is 19.0 Å². The fourth-order valence-corrected chi connectivity index (χ4v) is 4.83. The minimum Gasteiger partial charge on any atom is -0.496 e. The number of hydrogen-bond donors (Lipinski definition) is 1. The van der Waals surface area contributed by atoms with Gasteiger partial charge in [0.15, 0.2) is 5.78 Å². The van der Waals surface area contributed by atoms with Crippen LogP contribution in [-0.2, 0) is 16.0 Å². The second-order valence-corrected chi connectivity index (χ2v) is 9.68. The Morgan fingerprint density at radius 3 is 2.24 bits per heavy atom. The highest BCUT2D eigenvalue weighted by Gasteiger charge is 2.26. The van der Waals surface area contributed by atoms with Gasteiger partial charge in [-0.1, -0.05) is 38.8 Å². The molecule has 0 unspecified atom stereocenters. The molecule has 0 radical (unpaired) electrons. The van der Waals surface area contributed by atoms with Crippen LogP contribution in [0.25, 0.3) is 0 Å². The van der Waals surface area contributed by atoms with Crippen LogP contribution in [0.3, 0.4) is 0 Å². The summed E-state index contributed by atoms with van der Waals surface area (Å²) in [6.45, 7) is 9.84. The van der Waals surface area contributed by atoms with Gasteiger partial charge in [-0.3, -0.25) is 9.59 Å². The highest BCUT2D eigenvalue weighted by Crippen LogP contribution is 2.32. The largest absolute Gasteiger partial charge is 0.496 e. The number of benzene rings is 2. The zero-order chi connectivity index (χ0) is 27.4. The number of anilines is 1. The number of amides is 1. The Morgan fingerprint density at radius 1 is 0.973 bits per heavy atom. The Morgan fingerprint density at radius 2 is 1.68 bits per heavy atom. The van der Waals surface area contributed by atoms with Crippen molar-refractivity contribution in [2.45, 2.75) is 79.6 Å². The fourth-order valence-electron chi connectivity index (χ4n) is 4.83.